The fraction of sp³-hybridized carbons (Fsp3) is 0.200. The zero-order valence-corrected chi connectivity index (χ0v) is 9.49. The molecule has 0 unspecified atom stereocenters. The van der Waals surface area contributed by atoms with Gasteiger partial charge in [-0.15, -0.1) is 11.3 Å². The summed E-state index contributed by atoms with van der Waals surface area (Å²) in [7, 11) is 1.83. The Morgan fingerprint density at radius 1 is 1.69 bits per heavy atom. The minimum absolute atomic E-state index is 0.386. The zero-order valence-electron chi connectivity index (χ0n) is 8.67. The standard InChI is InChI=1S/C10H11N3O2S/c1-13-6-8(5-12-13)11-4-7-2-3-16-9(7)10(14)15/h2-3,5-6,11H,4H2,1H3,(H,14,15). The topological polar surface area (TPSA) is 67.2 Å². The quantitative estimate of drug-likeness (QED) is 0.850. The van der Waals surface area contributed by atoms with E-state index in [4.69, 9.17) is 5.11 Å². The van der Waals surface area contributed by atoms with Crippen LogP contribution in [0, 0.1) is 0 Å². The van der Waals surface area contributed by atoms with Crippen molar-refractivity contribution in [2.45, 2.75) is 6.54 Å². The lowest BCUT2D eigenvalue weighted by molar-refractivity contribution is 0.0701. The normalized spacial score (nSPS) is 10.3. The van der Waals surface area contributed by atoms with Crippen LogP contribution >= 0.6 is 11.3 Å². The third-order valence-electron chi connectivity index (χ3n) is 2.13. The van der Waals surface area contributed by atoms with Crippen molar-refractivity contribution in [1.82, 2.24) is 9.78 Å². The van der Waals surface area contributed by atoms with E-state index in [0.717, 1.165) is 11.3 Å². The lowest BCUT2D eigenvalue weighted by Crippen LogP contribution is -2.03. The van der Waals surface area contributed by atoms with E-state index >= 15 is 0 Å². The van der Waals surface area contributed by atoms with Gasteiger partial charge in [-0.3, -0.25) is 4.68 Å². The van der Waals surface area contributed by atoms with Crippen LogP contribution < -0.4 is 5.32 Å². The molecule has 5 nitrogen and oxygen atoms in total. The largest absolute Gasteiger partial charge is 0.477 e. The van der Waals surface area contributed by atoms with E-state index < -0.39 is 5.97 Å². The highest BCUT2D eigenvalue weighted by molar-refractivity contribution is 7.12. The number of carboxylic acid groups (broad SMARTS) is 1. The number of aromatic carboxylic acids is 1. The number of carbonyl (C=O) groups is 1. The second-order valence-corrected chi connectivity index (χ2v) is 4.25. The molecule has 6 heteroatoms. The van der Waals surface area contributed by atoms with E-state index in [1.807, 2.05) is 19.3 Å². The van der Waals surface area contributed by atoms with Crippen molar-refractivity contribution in [3.05, 3.63) is 34.3 Å². The third-order valence-corrected chi connectivity index (χ3v) is 3.07. The number of rotatable bonds is 4. The molecule has 2 N–H and O–H groups in total. The van der Waals surface area contributed by atoms with Crippen molar-refractivity contribution < 1.29 is 9.90 Å². The molecule has 0 aliphatic rings. The summed E-state index contributed by atoms with van der Waals surface area (Å²) >= 11 is 1.24. The molecule has 0 spiro atoms. The predicted molar refractivity (Wildman–Crippen MR) is 61.8 cm³/mol. The van der Waals surface area contributed by atoms with Gasteiger partial charge in [0.1, 0.15) is 4.88 Å². The van der Waals surface area contributed by atoms with Crippen molar-refractivity contribution in [1.29, 1.82) is 0 Å². The number of thiophene rings is 1. The van der Waals surface area contributed by atoms with E-state index in [-0.39, 0.29) is 0 Å². The summed E-state index contributed by atoms with van der Waals surface area (Å²) in [6.45, 7) is 0.497. The predicted octanol–water partition coefficient (Wildman–Crippen LogP) is 1.79. The monoisotopic (exact) mass is 237 g/mol. The third kappa shape index (κ3) is 2.22. The van der Waals surface area contributed by atoms with Crippen LogP contribution in [0.5, 0.6) is 0 Å². The van der Waals surface area contributed by atoms with E-state index in [1.54, 1.807) is 16.3 Å². The Labute approximate surface area is 96.3 Å². The summed E-state index contributed by atoms with van der Waals surface area (Å²) in [5.41, 5.74) is 1.67. The molecule has 0 atom stereocenters. The van der Waals surface area contributed by atoms with Crippen LogP contribution in [-0.4, -0.2) is 20.9 Å². The minimum atomic E-state index is -0.877. The van der Waals surface area contributed by atoms with Crippen LogP contribution in [-0.2, 0) is 13.6 Å². The molecule has 0 saturated carbocycles. The molecule has 0 aliphatic carbocycles. The first kappa shape index (κ1) is 10.7. The summed E-state index contributed by atoms with van der Waals surface area (Å²) in [4.78, 5) is 11.3. The maximum atomic E-state index is 10.9. The second-order valence-electron chi connectivity index (χ2n) is 3.34. The summed E-state index contributed by atoms with van der Waals surface area (Å²) in [5, 5.41) is 17.8. The Morgan fingerprint density at radius 2 is 2.50 bits per heavy atom. The Morgan fingerprint density at radius 3 is 3.12 bits per heavy atom. The highest BCUT2D eigenvalue weighted by Gasteiger charge is 2.11. The molecule has 0 radical (unpaired) electrons. The van der Waals surface area contributed by atoms with E-state index in [0.29, 0.717) is 11.4 Å². The Bertz CT molecular complexity index is 504. The van der Waals surface area contributed by atoms with Crippen molar-refractivity contribution in [2.24, 2.45) is 7.05 Å². The molecule has 0 aliphatic heterocycles. The molecule has 0 aromatic carbocycles. The Hall–Kier alpha value is -1.82. The summed E-state index contributed by atoms with van der Waals surface area (Å²) in [6.07, 6.45) is 3.54. The van der Waals surface area contributed by atoms with Gasteiger partial charge in [-0.05, 0) is 17.0 Å². The van der Waals surface area contributed by atoms with Crippen LogP contribution in [0.4, 0.5) is 5.69 Å². The van der Waals surface area contributed by atoms with Gasteiger partial charge in [0.25, 0.3) is 0 Å². The van der Waals surface area contributed by atoms with Crippen LogP contribution in [0.1, 0.15) is 15.2 Å². The fourth-order valence-corrected chi connectivity index (χ4v) is 2.13. The maximum Gasteiger partial charge on any atom is 0.346 e. The van der Waals surface area contributed by atoms with Crippen molar-refractivity contribution in [3.8, 4) is 0 Å². The summed E-state index contributed by atoms with van der Waals surface area (Å²) in [5.74, 6) is -0.877. The first-order chi connectivity index (χ1) is 7.66. The van der Waals surface area contributed by atoms with Gasteiger partial charge in [-0.2, -0.15) is 5.10 Å². The SMILES string of the molecule is Cn1cc(NCc2ccsc2C(=O)O)cn1. The molecule has 2 aromatic rings. The van der Waals surface area contributed by atoms with Gasteiger partial charge < -0.3 is 10.4 Å². The number of hydrogen-bond acceptors (Lipinski definition) is 4. The lowest BCUT2D eigenvalue weighted by atomic mass is 10.2. The van der Waals surface area contributed by atoms with E-state index in [1.165, 1.54) is 11.3 Å². The average molecular weight is 237 g/mol. The molecule has 0 saturated heterocycles. The number of anilines is 1. The van der Waals surface area contributed by atoms with Crippen LogP contribution in [0.3, 0.4) is 0 Å². The molecule has 2 rings (SSSR count). The van der Waals surface area contributed by atoms with E-state index in [9.17, 15) is 4.79 Å². The number of nitrogens with zero attached hydrogens (tertiary/aromatic N) is 2. The molecule has 0 fully saturated rings. The number of carboxylic acids is 1. The molecule has 2 heterocycles. The fourth-order valence-electron chi connectivity index (χ4n) is 1.37. The molecular weight excluding hydrogens is 226 g/mol. The van der Waals surface area contributed by atoms with E-state index in [2.05, 4.69) is 10.4 Å². The zero-order chi connectivity index (χ0) is 11.5. The molecular formula is C10H11N3O2S. The van der Waals surface area contributed by atoms with Gasteiger partial charge in [-0.25, -0.2) is 4.79 Å². The molecule has 0 amide bonds. The molecule has 2 aromatic heterocycles. The van der Waals surface area contributed by atoms with Gasteiger partial charge in [0, 0.05) is 19.8 Å². The van der Waals surface area contributed by atoms with Gasteiger partial charge in [0.2, 0.25) is 0 Å². The molecule has 16 heavy (non-hydrogen) atoms. The molecule has 84 valence electrons. The number of aromatic nitrogens is 2. The van der Waals surface area contributed by atoms with Crippen LogP contribution in [0.25, 0.3) is 0 Å². The first-order valence-electron chi connectivity index (χ1n) is 4.69. The lowest BCUT2D eigenvalue weighted by Gasteiger charge is -2.02. The first-order valence-corrected chi connectivity index (χ1v) is 5.57. The van der Waals surface area contributed by atoms with Crippen molar-refractivity contribution >= 4 is 23.0 Å². The van der Waals surface area contributed by atoms with Crippen LogP contribution in [0.15, 0.2) is 23.8 Å². The van der Waals surface area contributed by atoms with Crippen LogP contribution in [0.2, 0.25) is 0 Å². The highest BCUT2D eigenvalue weighted by atomic mass is 32.1. The number of hydrogen-bond donors (Lipinski definition) is 2. The smallest absolute Gasteiger partial charge is 0.346 e. The van der Waals surface area contributed by atoms with Gasteiger partial charge in [0.15, 0.2) is 0 Å². The Balaban J connectivity index is 2.04. The summed E-state index contributed by atoms with van der Waals surface area (Å²) in [6, 6.07) is 1.82. The van der Waals surface area contributed by atoms with Crippen molar-refractivity contribution in [2.75, 3.05) is 5.32 Å². The maximum absolute atomic E-state index is 10.9. The second kappa shape index (κ2) is 4.36. The van der Waals surface area contributed by atoms with Gasteiger partial charge >= 0.3 is 5.97 Å². The van der Waals surface area contributed by atoms with Gasteiger partial charge in [-0.1, -0.05) is 0 Å². The number of nitrogens with one attached hydrogen (secondary N) is 1. The minimum Gasteiger partial charge on any atom is -0.477 e. The van der Waals surface area contributed by atoms with Crippen molar-refractivity contribution in [3.63, 3.8) is 0 Å². The average Bonchev–Trinajstić information content (AvgIpc) is 2.83. The number of aryl methyl sites for hydroxylation is 1. The highest BCUT2D eigenvalue weighted by Crippen LogP contribution is 2.18. The summed E-state index contributed by atoms with van der Waals surface area (Å²) < 4.78 is 1.69. The van der Waals surface area contributed by atoms with Gasteiger partial charge in [0.05, 0.1) is 11.9 Å². The Kier molecular flexibility index (Phi) is 2.91. The molecule has 0 bridgehead atoms.